The molecule has 1 heterocycles. The molecule has 0 unspecified atom stereocenters. The normalized spacial score (nSPS) is 11.5. The van der Waals surface area contributed by atoms with Crippen LogP contribution in [-0.4, -0.2) is 25.3 Å². The number of ether oxygens (including phenoxy) is 1. The Kier molecular flexibility index (Phi) is 4.68. The van der Waals surface area contributed by atoms with Crippen molar-refractivity contribution in [2.75, 3.05) is 7.11 Å². The predicted molar refractivity (Wildman–Crippen MR) is 107 cm³/mol. The van der Waals surface area contributed by atoms with Gasteiger partial charge in [-0.25, -0.2) is 16.8 Å². The minimum Gasteiger partial charge on any atom is -0.497 e. The van der Waals surface area contributed by atoms with E-state index >= 15 is 0 Å². The number of hydrogen-bond donors (Lipinski definition) is 0. The Bertz CT molecular complexity index is 1310. The molecule has 0 aliphatic rings. The third-order valence-electron chi connectivity index (χ3n) is 4.58. The summed E-state index contributed by atoms with van der Waals surface area (Å²) in [5.74, 6) is -0.476. The van der Waals surface area contributed by atoms with Gasteiger partial charge in [-0.15, -0.1) is 0 Å². The fourth-order valence-electron chi connectivity index (χ4n) is 3.16. The number of rotatable bonds is 5. The number of carbonyl (C=O) groups is 1. The van der Waals surface area contributed by atoms with Crippen molar-refractivity contribution in [2.24, 2.45) is 0 Å². The summed E-state index contributed by atoms with van der Waals surface area (Å²) in [6, 6.07) is 19.2. The second kappa shape index (κ2) is 7.18. The lowest BCUT2D eigenvalue weighted by Crippen LogP contribution is -2.19. The minimum absolute atomic E-state index is 0.0382. The van der Waals surface area contributed by atoms with E-state index in [1.54, 1.807) is 36.4 Å². The Morgan fingerprint density at radius 1 is 0.931 bits per heavy atom. The monoisotopic (exact) mass is 409 g/mol. The number of carbonyl (C=O) groups excluding carboxylic acids is 1. The Morgan fingerprint density at radius 2 is 1.62 bits per heavy atom. The SMILES string of the molecule is COc1ccc2c(c1)cc(C(=O)c1ccc(F)cc1)n2S(=O)(=O)c1ccccc1. The molecule has 0 spiro atoms. The van der Waals surface area contributed by atoms with Crippen LogP contribution in [-0.2, 0) is 10.0 Å². The number of methoxy groups -OCH3 is 1. The fourth-order valence-corrected chi connectivity index (χ4v) is 4.69. The number of hydrogen-bond acceptors (Lipinski definition) is 4. The summed E-state index contributed by atoms with van der Waals surface area (Å²) in [5.41, 5.74) is 0.495. The summed E-state index contributed by atoms with van der Waals surface area (Å²) in [7, 11) is -2.55. The van der Waals surface area contributed by atoms with Gasteiger partial charge in [0.15, 0.2) is 0 Å². The predicted octanol–water partition coefficient (Wildman–Crippen LogP) is 4.26. The van der Waals surface area contributed by atoms with Crippen LogP contribution in [0.1, 0.15) is 16.1 Å². The van der Waals surface area contributed by atoms with Gasteiger partial charge in [0.2, 0.25) is 5.78 Å². The Balaban J connectivity index is 2.00. The van der Waals surface area contributed by atoms with Gasteiger partial charge in [0.05, 0.1) is 17.5 Å². The summed E-state index contributed by atoms with van der Waals surface area (Å²) < 4.78 is 46.3. The topological polar surface area (TPSA) is 65.4 Å². The van der Waals surface area contributed by atoms with E-state index in [2.05, 4.69) is 0 Å². The Labute approximate surface area is 167 Å². The average Bonchev–Trinajstić information content (AvgIpc) is 3.13. The van der Waals surface area contributed by atoms with Crippen molar-refractivity contribution in [3.05, 3.63) is 95.9 Å². The van der Waals surface area contributed by atoms with Crippen LogP contribution in [0.25, 0.3) is 10.9 Å². The van der Waals surface area contributed by atoms with Crippen LogP contribution < -0.4 is 4.74 Å². The van der Waals surface area contributed by atoms with Gasteiger partial charge in [-0.2, -0.15) is 0 Å². The third kappa shape index (κ3) is 3.30. The van der Waals surface area contributed by atoms with Gasteiger partial charge in [0.25, 0.3) is 10.0 Å². The van der Waals surface area contributed by atoms with Gasteiger partial charge >= 0.3 is 0 Å². The molecule has 0 amide bonds. The van der Waals surface area contributed by atoms with Crippen LogP contribution in [0, 0.1) is 5.82 Å². The third-order valence-corrected chi connectivity index (χ3v) is 6.33. The molecule has 0 aliphatic carbocycles. The van der Waals surface area contributed by atoms with Crippen molar-refractivity contribution < 1.29 is 22.3 Å². The first-order valence-corrected chi connectivity index (χ1v) is 10.2. The highest BCUT2D eigenvalue weighted by Crippen LogP contribution is 2.30. The zero-order valence-corrected chi connectivity index (χ0v) is 16.2. The summed E-state index contributed by atoms with van der Waals surface area (Å²) >= 11 is 0. The average molecular weight is 409 g/mol. The highest BCUT2D eigenvalue weighted by Gasteiger charge is 2.27. The maximum atomic E-state index is 13.4. The maximum Gasteiger partial charge on any atom is 0.268 e. The van der Waals surface area contributed by atoms with Gasteiger partial charge in [0.1, 0.15) is 17.3 Å². The van der Waals surface area contributed by atoms with Crippen molar-refractivity contribution in [2.45, 2.75) is 4.90 Å². The number of fused-ring (bicyclic) bond motifs is 1. The van der Waals surface area contributed by atoms with E-state index in [9.17, 15) is 17.6 Å². The van der Waals surface area contributed by atoms with E-state index in [1.165, 1.54) is 37.4 Å². The second-order valence-electron chi connectivity index (χ2n) is 6.37. The van der Waals surface area contributed by atoms with Crippen LogP contribution in [0.15, 0.2) is 83.8 Å². The Hall–Kier alpha value is -3.45. The van der Waals surface area contributed by atoms with Crippen LogP contribution in [0.5, 0.6) is 5.75 Å². The largest absolute Gasteiger partial charge is 0.497 e. The number of aromatic nitrogens is 1. The molecule has 0 atom stereocenters. The molecule has 4 aromatic rings. The first kappa shape index (κ1) is 18.9. The van der Waals surface area contributed by atoms with Crippen LogP contribution in [0.4, 0.5) is 4.39 Å². The van der Waals surface area contributed by atoms with Crippen LogP contribution in [0.3, 0.4) is 0 Å². The quantitative estimate of drug-likeness (QED) is 0.462. The molecule has 3 aromatic carbocycles. The highest BCUT2D eigenvalue weighted by atomic mass is 32.2. The van der Waals surface area contributed by atoms with Crippen molar-refractivity contribution in [3.8, 4) is 5.75 Å². The summed E-state index contributed by atoms with van der Waals surface area (Å²) in [6.45, 7) is 0. The molecule has 7 heteroatoms. The van der Waals surface area contributed by atoms with Crippen molar-refractivity contribution in [3.63, 3.8) is 0 Å². The highest BCUT2D eigenvalue weighted by molar-refractivity contribution is 7.90. The molecule has 29 heavy (non-hydrogen) atoms. The molecule has 0 radical (unpaired) electrons. The number of nitrogens with zero attached hydrogens (tertiary/aromatic N) is 1. The van der Waals surface area contributed by atoms with E-state index < -0.39 is 21.6 Å². The molecule has 0 fully saturated rings. The summed E-state index contributed by atoms with van der Waals surface area (Å²) in [6.07, 6.45) is 0. The molecular formula is C22H16FNO4S. The van der Waals surface area contributed by atoms with E-state index in [0.29, 0.717) is 16.7 Å². The molecular weight excluding hydrogens is 393 g/mol. The smallest absolute Gasteiger partial charge is 0.268 e. The standard InChI is InChI=1S/C22H16FNO4S/c1-28-18-11-12-20-16(13-18)14-21(22(25)15-7-9-17(23)10-8-15)24(20)29(26,27)19-5-3-2-4-6-19/h2-14H,1H3. The minimum atomic E-state index is -4.05. The van der Waals surface area contributed by atoms with Gasteiger partial charge in [0, 0.05) is 10.9 Å². The zero-order chi connectivity index (χ0) is 20.6. The molecule has 146 valence electrons. The Morgan fingerprint density at radius 3 is 2.28 bits per heavy atom. The summed E-state index contributed by atoms with van der Waals surface area (Å²) in [5, 5.41) is 0.536. The zero-order valence-electron chi connectivity index (χ0n) is 15.4. The number of benzene rings is 3. The molecule has 0 saturated carbocycles. The molecule has 0 N–H and O–H groups in total. The van der Waals surface area contributed by atoms with E-state index in [-0.39, 0.29) is 16.2 Å². The van der Waals surface area contributed by atoms with Crippen LogP contribution in [0.2, 0.25) is 0 Å². The van der Waals surface area contributed by atoms with Gasteiger partial charge < -0.3 is 4.74 Å². The number of halogens is 1. The maximum absolute atomic E-state index is 13.4. The van der Waals surface area contributed by atoms with Crippen molar-refractivity contribution in [1.29, 1.82) is 0 Å². The lowest BCUT2D eigenvalue weighted by atomic mass is 10.1. The van der Waals surface area contributed by atoms with E-state index in [4.69, 9.17) is 4.74 Å². The van der Waals surface area contributed by atoms with Gasteiger partial charge in [-0.05, 0) is 60.7 Å². The summed E-state index contributed by atoms with van der Waals surface area (Å²) in [4.78, 5) is 13.2. The van der Waals surface area contributed by atoms with Gasteiger partial charge in [-0.3, -0.25) is 4.79 Å². The fraction of sp³-hybridized carbons (Fsp3) is 0.0455. The van der Waals surface area contributed by atoms with Crippen LogP contribution >= 0.6 is 0 Å². The molecule has 4 rings (SSSR count). The number of ketones is 1. The lowest BCUT2D eigenvalue weighted by molar-refractivity contribution is 0.103. The lowest BCUT2D eigenvalue weighted by Gasteiger charge is -2.12. The van der Waals surface area contributed by atoms with E-state index in [1.807, 2.05) is 0 Å². The van der Waals surface area contributed by atoms with Crippen molar-refractivity contribution >= 4 is 26.7 Å². The van der Waals surface area contributed by atoms with Gasteiger partial charge in [-0.1, -0.05) is 18.2 Å². The van der Waals surface area contributed by atoms with Crippen molar-refractivity contribution in [1.82, 2.24) is 3.97 Å². The molecule has 1 aromatic heterocycles. The molecule has 0 bridgehead atoms. The molecule has 0 saturated heterocycles. The van der Waals surface area contributed by atoms with E-state index in [0.717, 1.165) is 16.1 Å². The molecule has 0 aliphatic heterocycles. The second-order valence-corrected chi connectivity index (χ2v) is 8.16. The first-order chi connectivity index (χ1) is 13.9. The first-order valence-electron chi connectivity index (χ1n) is 8.72. The molecule has 5 nitrogen and oxygen atoms in total.